The molecule has 1 aromatic carbocycles. The van der Waals surface area contributed by atoms with E-state index in [0.717, 1.165) is 0 Å². The highest BCUT2D eigenvalue weighted by Crippen LogP contribution is 2.36. The highest BCUT2D eigenvalue weighted by Gasteiger charge is 2.52. The maximum Gasteiger partial charge on any atom is 0.516 e. The zero-order valence-corrected chi connectivity index (χ0v) is 12.4. The lowest BCUT2D eigenvalue weighted by Gasteiger charge is -2.32. The van der Waals surface area contributed by atoms with Crippen molar-refractivity contribution in [3.05, 3.63) is 42.6 Å². The summed E-state index contributed by atoms with van der Waals surface area (Å²) in [5.74, 6) is 0. The molecule has 0 unspecified atom stereocenters. The van der Waals surface area contributed by atoms with Gasteiger partial charge < -0.3 is 9.31 Å². The second kappa shape index (κ2) is 4.93. The average Bonchev–Trinajstić information content (AvgIpc) is 2.80. The quantitative estimate of drug-likeness (QED) is 0.796. The predicted molar refractivity (Wildman–Crippen MR) is 83.2 cm³/mol. The minimum atomic E-state index is -0.679. The molecular weight excluding hydrogens is 263 g/mol. The number of hydrogen-bond acceptors (Lipinski definition) is 4. The van der Waals surface area contributed by atoms with Gasteiger partial charge in [0.2, 0.25) is 0 Å². The van der Waals surface area contributed by atoms with Crippen LogP contribution in [0.3, 0.4) is 0 Å². The summed E-state index contributed by atoms with van der Waals surface area (Å²) in [6.45, 7) is 7.73. The highest BCUT2D eigenvalue weighted by molar-refractivity contribution is 6.61. The third-order valence-electron chi connectivity index (χ3n) is 3.92. The van der Waals surface area contributed by atoms with Gasteiger partial charge in [0.1, 0.15) is 0 Å². The molecule has 0 radical (unpaired) electrons. The van der Waals surface area contributed by atoms with Crippen LogP contribution in [0.2, 0.25) is 0 Å². The number of nitrogens with zero attached hydrogens (tertiary/aromatic N) is 2. The normalized spacial score (nSPS) is 23.0. The molecule has 0 saturated carbocycles. The molecule has 2 heterocycles. The van der Waals surface area contributed by atoms with Crippen LogP contribution < -0.4 is 5.59 Å². The first-order chi connectivity index (χ1) is 12.0. The Labute approximate surface area is 132 Å². The van der Waals surface area contributed by atoms with Crippen molar-refractivity contribution < 1.29 is 16.2 Å². The lowest BCUT2D eigenvalue weighted by atomic mass is 9.85. The first-order valence-corrected chi connectivity index (χ1v) is 6.71. The van der Waals surface area contributed by atoms with Crippen LogP contribution in [0.15, 0.2) is 42.6 Å². The molecule has 0 atom stereocenters. The minimum absolute atomic E-state index is 0.0176. The third-order valence-corrected chi connectivity index (χ3v) is 3.92. The van der Waals surface area contributed by atoms with Gasteiger partial charge >= 0.3 is 7.12 Å². The van der Waals surface area contributed by atoms with Gasteiger partial charge in [-0.25, -0.2) is 0 Å². The molecule has 1 aliphatic rings. The van der Waals surface area contributed by atoms with Crippen LogP contribution in [0, 0.1) is 0 Å². The Hall–Kier alpha value is -1.72. The smallest absolute Gasteiger partial charge is 0.398 e. The second-order valence-electron chi connectivity index (χ2n) is 5.91. The van der Waals surface area contributed by atoms with Gasteiger partial charge in [0.05, 0.1) is 35.5 Å². The largest absolute Gasteiger partial charge is 0.516 e. The Morgan fingerprint density at radius 2 is 1.57 bits per heavy atom. The Morgan fingerprint density at radius 1 is 0.952 bits per heavy atom. The summed E-state index contributed by atoms with van der Waals surface area (Å²) in [5, 5.41) is 0. The fraction of sp³-hybridized carbons (Fsp3) is 0.375. The molecule has 5 heteroatoms. The van der Waals surface area contributed by atoms with Crippen molar-refractivity contribution in [1.82, 2.24) is 9.97 Å². The van der Waals surface area contributed by atoms with E-state index in [9.17, 15) is 0 Å². The molecule has 2 aromatic rings. The first kappa shape index (κ1) is 9.33. The zero-order valence-electron chi connectivity index (χ0n) is 17.4. The van der Waals surface area contributed by atoms with Gasteiger partial charge in [0.25, 0.3) is 0 Å². The van der Waals surface area contributed by atoms with Crippen molar-refractivity contribution in [3.63, 3.8) is 0 Å². The Morgan fingerprint density at radius 3 is 2.10 bits per heavy atom. The fourth-order valence-electron chi connectivity index (χ4n) is 1.93. The summed E-state index contributed by atoms with van der Waals surface area (Å²) < 4.78 is 51.0. The molecule has 21 heavy (non-hydrogen) atoms. The molecule has 0 bridgehead atoms. The van der Waals surface area contributed by atoms with Crippen LogP contribution in [-0.4, -0.2) is 28.3 Å². The van der Waals surface area contributed by atoms with Gasteiger partial charge in [0.15, 0.2) is 0 Å². The lowest BCUT2D eigenvalue weighted by Crippen LogP contribution is -2.41. The summed E-state index contributed by atoms with van der Waals surface area (Å²) >= 11 is 0. The lowest BCUT2D eigenvalue weighted by molar-refractivity contribution is 0.00578. The van der Waals surface area contributed by atoms with Crippen molar-refractivity contribution in [2.45, 2.75) is 38.9 Å². The average molecular weight is 287 g/mol. The molecule has 4 nitrogen and oxygen atoms in total. The van der Waals surface area contributed by atoms with Crippen LogP contribution in [0.25, 0.3) is 11.3 Å². The summed E-state index contributed by atoms with van der Waals surface area (Å²) in [6, 6.07) is -1.87. The minimum Gasteiger partial charge on any atom is -0.398 e. The maximum absolute atomic E-state index is 8.01. The van der Waals surface area contributed by atoms with Crippen molar-refractivity contribution >= 4 is 12.7 Å². The van der Waals surface area contributed by atoms with Gasteiger partial charge in [-0.05, 0) is 27.7 Å². The fourth-order valence-corrected chi connectivity index (χ4v) is 1.93. The molecule has 0 N–H and O–H groups in total. The highest BCUT2D eigenvalue weighted by atomic mass is 16.7. The molecule has 1 saturated heterocycles. The first-order valence-electron chi connectivity index (χ1n) is 9.21. The van der Waals surface area contributed by atoms with E-state index in [0.29, 0.717) is 5.59 Å². The summed E-state index contributed by atoms with van der Waals surface area (Å²) in [4.78, 5) is 8.52. The van der Waals surface area contributed by atoms with Crippen molar-refractivity contribution in [2.24, 2.45) is 0 Å². The van der Waals surface area contributed by atoms with Crippen LogP contribution in [0.5, 0.6) is 0 Å². The second-order valence-corrected chi connectivity index (χ2v) is 5.91. The van der Waals surface area contributed by atoms with Crippen LogP contribution in [-0.2, 0) is 9.31 Å². The summed E-state index contributed by atoms with van der Waals surface area (Å²) in [6.07, 6.45) is 2.81. The van der Waals surface area contributed by atoms with Crippen molar-refractivity contribution in [1.29, 1.82) is 0 Å². The molecule has 0 spiro atoms. The standard InChI is InChI=1S/C16H19BN2O2/c1-15(2)16(3,4)21-17(20-15)14-11-18-13(10-19-14)12-8-6-5-7-9-12/h5-11H,1-4H3/i5D,6D,7D,8D,9D. The molecule has 0 aliphatic carbocycles. The number of benzene rings is 1. The zero-order chi connectivity index (χ0) is 19.4. The Balaban J connectivity index is 1.98. The molecule has 1 aromatic heterocycles. The molecule has 0 amide bonds. The van der Waals surface area contributed by atoms with Crippen molar-refractivity contribution in [2.75, 3.05) is 0 Å². The molecule has 108 valence electrons. The molecule has 1 fully saturated rings. The molecule has 1 aliphatic heterocycles. The maximum atomic E-state index is 8.01. The van der Waals surface area contributed by atoms with E-state index in [2.05, 4.69) is 9.97 Å². The Bertz CT molecular complexity index is 829. The number of hydrogen-bond donors (Lipinski definition) is 0. The van der Waals surface area contributed by atoms with Crippen LogP contribution >= 0.6 is 0 Å². The molecule has 3 rings (SSSR count). The molecular formula is C16H19BN2O2. The van der Waals surface area contributed by atoms with E-state index in [1.54, 1.807) is 0 Å². The van der Waals surface area contributed by atoms with Gasteiger partial charge in [-0.3, -0.25) is 9.97 Å². The van der Waals surface area contributed by atoms with Gasteiger partial charge in [0, 0.05) is 11.8 Å². The predicted octanol–water partition coefficient (Wildman–Crippen LogP) is 2.44. The summed E-state index contributed by atoms with van der Waals surface area (Å²) in [7, 11) is -0.679. The van der Waals surface area contributed by atoms with E-state index >= 15 is 0 Å². The van der Waals surface area contributed by atoms with Gasteiger partial charge in [-0.1, -0.05) is 30.2 Å². The van der Waals surface area contributed by atoms with E-state index < -0.39 is 36.4 Å². The Kier molecular flexibility index (Phi) is 2.19. The monoisotopic (exact) mass is 287 g/mol. The number of aromatic nitrogens is 2. The number of rotatable bonds is 2. The van der Waals surface area contributed by atoms with Crippen LogP contribution in [0.4, 0.5) is 0 Å². The third kappa shape index (κ3) is 2.59. The van der Waals surface area contributed by atoms with E-state index in [4.69, 9.17) is 16.2 Å². The van der Waals surface area contributed by atoms with E-state index in [-0.39, 0.29) is 23.3 Å². The van der Waals surface area contributed by atoms with Crippen molar-refractivity contribution in [3.8, 4) is 11.3 Å². The summed E-state index contributed by atoms with van der Waals surface area (Å²) in [5.41, 5.74) is -0.346. The van der Waals surface area contributed by atoms with Gasteiger partial charge in [-0.2, -0.15) is 0 Å². The van der Waals surface area contributed by atoms with Gasteiger partial charge in [-0.15, -0.1) is 0 Å². The van der Waals surface area contributed by atoms with E-state index in [1.165, 1.54) is 12.4 Å². The SMILES string of the molecule is [2H]c1c([2H])c([2H])c(-c2cnc(B3OC(C)(C)C(C)(C)O3)cn2)c([2H])c1[2H]. The topological polar surface area (TPSA) is 44.2 Å². The van der Waals surface area contributed by atoms with E-state index in [1.807, 2.05) is 27.7 Å². The van der Waals surface area contributed by atoms with Crippen LogP contribution in [0.1, 0.15) is 34.5 Å².